The van der Waals surface area contributed by atoms with E-state index >= 15 is 0 Å². The first-order valence-electron chi connectivity index (χ1n) is 11.2. The number of unbranched alkanes of at least 4 members (excludes halogenated alkanes) is 4. The normalized spacial score (nSPS) is 17.6. The van der Waals surface area contributed by atoms with Crippen LogP contribution in [0, 0.1) is 6.92 Å². The van der Waals surface area contributed by atoms with Crippen LogP contribution in [0.5, 0.6) is 0 Å². The molecule has 1 saturated heterocycles. The van der Waals surface area contributed by atoms with Crippen LogP contribution >= 0.6 is 23.4 Å². The second-order valence-electron chi connectivity index (χ2n) is 7.95. The molecule has 3 rings (SSSR count). The minimum Gasteiger partial charge on any atom is -0.325 e. The SMILES string of the molecule is CCCCCCCN1C(=O)CC(C(=O)Nc2ccc(C)c(Cl)c2)SC1=Nc1ccccc1. The molecule has 1 atom stereocenters. The summed E-state index contributed by atoms with van der Waals surface area (Å²) in [5.74, 6) is -0.275. The van der Waals surface area contributed by atoms with Crippen LogP contribution in [0.15, 0.2) is 53.5 Å². The Morgan fingerprint density at radius 2 is 1.91 bits per heavy atom. The molecule has 0 bridgehead atoms. The maximum absolute atomic E-state index is 13.0. The molecule has 0 radical (unpaired) electrons. The third kappa shape index (κ3) is 6.84. The Balaban J connectivity index is 1.73. The zero-order chi connectivity index (χ0) is 22.9. The number of rotatable bonds is 9. The molecule has 1 N–H and O–H groups in total. The number of aliphatic imine (C=N–C) groups is 1. The number of aryl methyl sites for hydroxylation is 1. The van der Waals surface area contributed by atoms with E-state index in [0.717, 1.165) is 24.1 Å². The molecule has 1 unspecified atom stereocenters. The first-order chi connectivity index (χ1) is 15.5. The van der Waals surface area contributed by atoms with E-state index in [1.165, 1.54) is 31.0 Å². The van der Waals surface area contributed by atoms with Crippen molar-refractivity contribution in [3.63, 3.8) is 0 Å². The van der Waals surface area contributed by atoms with Crippen molar-refractivity contribution in [2.24, 2.45) is 4.99 Å². The zero-order valence-corrected chi connectivity index (χ0v) is 20.2. The Bertz CT molecular complexity index is 965. The summed E-state index contributed by atoms with van der Waals surface area (Å²) in [5.41, 5.74) is 2.34. The minimum atomic E-state index is -0.540. The summed E-state index contributed by atoms with van der Waals surface area (Å²) in [7, 11) is 0. The van der Waals surface area contributed by atoms with E-state index in [9.17, 15) is 9.59 Å². The van der Waals surface area contributed by atoms with Crippen molar-refractivity contribution in [2.75, 3.05) is 11.9 Å². The van der Waals surface area contributed by atoms with Crippen LogP contribution in [0.4, 0.5) is 11.4 Å². The molecule has 0 aliphatic carbocycles. The van der Waals surface area contributed by atoms with Gasteiger partial charge in [-0.1, -0.05) is 80.2 Å². The number of carbonyl (C=O) groups is 2. The first kappa shape index (κ1) is 24.3. The highest BCUT2D eigenvalue weighted by Gasteiger charge is 2.35. The van der Waals surface area contributed by atoms with Crippen molar-refractivity contribution in [3.05, 3.63) is 59.1 Å². The van der Waals surface area contributed by atoms with Gasteiger partial charge in [0.15, 0.2) is 5.17 Å². The summed E-state index contributed by atoms with van der Waals surface area (Å²) < 4.78 is 0. The number of hydrogen-bond donors (Lipinski definition) is 1. The van der Waals surface area contributed by atoms with E-state index in [1.54, 1.807) is 11.0 Å². The van der Waals surface area contributed by atoms with Crippen LogP contribution in [0.2, 0.25) is 5.02 Å². The number of nitrogens with one attached hydrogen (secondary N) is 1. The maximum Gasteiger partial charge on any atom is 0.238 e. The van der Waals surface area contributed by atoms with Crippen molar-refractivity contribution in [1.29, 1.82) is 0 Å². The van der Waals surface area contributed by atoms with Crippen molar-refractivity contribution in [2.45, 2.75) is 57.6 Å². The van der Waals surface area contributed by atoms with E-state index < -0.39 is 5.25 Å². The highest BCUT2D eigenvalue weighted by atomic mass is 35.5. The number of carbonyl (C=O) groups excluding carboxylic acids is 2. The molecule has 0 saturated carbocycles. The van der Waals surface area contributed by atoms with Gasteiger partial charge in [0, 0.05) is 23.7 Å². The molecule has 1 aliphatic heterocycles. The molecule has 7 heteroatoms. The minimum absolute atomic E-state index is 0.0592. The third-order valence-electron chi connectivity index (χ3n) is 5.34. The number of anilines is 1. The van der Waals surface area contributed by atoms with Crippen molar-refractivity contribution < 1.29 is 9.59 Å². The first-order valence-corrected chi connectivity index (χ1v) is 12.4. The molecule has 2 aromatic carbocycles. The summed E-state index contributed by atoms with van der Waals surface area (Å²) in [6.45, 7) is 4.72. The lowest BCUT2D eigenvalue weighted by Crippen LogP contribution is -2.45. The number of nitrogens with zero attached hydrogens (tertiary/aromatic N) is 2. The molecule has 2 aromatic rings. The molecule has 0 aromatic heterocycles. The highest BCUT2D eigenvalue weighted by molar-refractivity contribution is 8.15. The molecule has 2 amide bonds. The topological polar surface area (TPSA) is 61.8 Å². The molecule has 170 valence electrons. The number of para-hydroxylation sites is 1. The summed E-state index contributed by atoms with van der Waals surface area (Å²) in [6.07, 6.45) is 5.72. The standard InChI is InChI=1S/C25H30ClN3O2S/c1-3-4-5-6-10-15-29-23(30)17-22(32-25(29)28-19-11-8-7-9-12-19)24(31)27-20-14-13-18(2)21(26)16-20/h7-9,11-14,16,22H,3-6,10,15,17H2,1-2H3,(H,27,31). The molecular formula is C25H30ClN3O2S. The Morgan fingerprint density at radius 1 is 1.16 bits per heavy atom. The molecule has 1 heterocycles. The van der Waals surface area contributed by atoms with Crippen LogP contribution in [-0.2, 0) is 9.59 Å². The fraction of sp³-hybridized carbons (Fsp3) is 0.400. The van der Waals surface area contributed by atoms with Gasteiger partial charge in [-0.3, -0.25) is 14.5 Å². The average Bonchev–Trinajstić information content (AvgIpc) is 2.78. The van der Waals surface area contributed by atoms with E-state index in [4.69, 9.17) is 16.6 Å². The van der Waals surface area contributed by atoms with Gasteiger partial charge >= 0.3 is 0 Å². The van der Waals surface area contributed by atoms with Gasteiger partial charge in [0.1, 0.15) is 5.25 Å². The Morgan fingerprint density at radius 3 is 2.62 bits per heavy atom. The van der Waals surface area contributed by atoms with Gasteiger partial charge in [0.05, 0.1) is 5.69 Å². The summed E-state index contributed by atoms with van der Waals surface area (Å²) in [6, 6.07) is 15.0. The number of halogens is 1. The largest absolute Gasteiger partial charge is 0.325 e. The number of amidine groups is 1. The van der Waals surface area contributed by atoms with Crippen LogP contribution < -0.4 is 5.32 Å². The lowest BCUT2D eigenvalue weighted by atomic mass is 10.1. The van der Waals surface area contributed by atoms with Gasteiger partial charge in [-0.05, 0) is 43.2 Å². The second-order valence-corrected chi connectivity index (χ2v) is 9.53. The zero-order valence-electron chi connectivity index (χ0n) is 18.6. The average molecular weight is 472 g/mol. The van der Waals surface area contributed by atoms with Gasteiger partial charge in [-0.15, -0.1) is 0 Å². The van der Waals surface area contributed by atoms with Crippen LogP contribution in [0.25, 0.3) is 0 Å². The predicted octanol–water partition coefficient (Wildman–Crippen LogP) is 6.58. The number of hydrogen-bond acceptors (Lipinski definition) is 4. The highest BCUT2D eigenvalue weighted by Crippen LogP contribution is 2.30. The predicted molar refractivity (Wildman–Crippen MR) is 135 cm³/mol. The third-order valence-corrected chi connectivity index (χ3v) is 6.93. The number of thioether (sulfide) groups is 1. The molecule has 32 heavy (non-hydrogen) atoms. The van der Waals surface area contributed by atoms with Gasteiger partial charge in [0.25, 0.3) is 0 Å². The maximum atomic E-state index is 13.0. The van der Waals surface area contributed by atoms with Crippen LogP contribution in [-0.4, -0.2) is 33.7 Å². The fourth-order valence-corrected chi connectivity index (χ4v) is 4.75. The van der Waals surface area contributed by atoms with Gasteiger partial charge in [-0.25, -0.2) is 4.99 Å². The molecule has 1 fully saturated rings. The summed E-state index contributed by atoms with van der Waals surface area (Å²) in [4.78, 5) is 32.4. The quantitative estimate of drug-likeness (QED) is 0.420. The van der Waals surface area contributed by atoms with Crippen LogP contribution in [0.3, 0.4) is 0 Å². The summed E-state index contributed by atoms with van der Waals surface area (Å²) in [5, 5.41) is 3.54. The Kier molecular flexibility index (Phi) is 9.18. The van der Waals surface area contributed by atoms with Crippen LogP contribution in [0.1, 0.15) is 51.0 Å². The smallest absolute Gasteiger partial charge is 0.238 e. The lowest BCUT2D eigenvalue weighted by Gasteiger charge is -2.32. The second kappa shape index (κ2) is 12.1. The Hall–Kier alpha value is -2.31. The monoisotopic (exact) mass is 471 g/mol. The van der Waals surface area contributed by atoms with E-state index in [-0.39, 0.29) is 18.2 Å². The van der Waals surface area contributed by atoms with Crippen molar-refractivity contribution in [3.8, 4) is 0 Å². The molecule has 5 nitrogen and oxygen atoms in total. The fourth-order valence-electron chi connectivity index (χ4n) is 3.44. The number of benzene rings is 2. The van der Waals surface area contributed by atoms with Crippen molar-refractivity contribution in [1.82, 2.24) is 4.90 Å². The molecular weight excluding hydrogens is 442 g/mol. The molecule has 1 aliphatic rings. The molecule has 0 spiro atoms. The lowest BCUT2D eigenvalue weighted by molar-refractivity contribution is -0.129. The van der Waals surface area contributed by atoms with Gasteiger partial charge in [-0.2, -0.15) is 0 Å². The van der Waals surface area contributed by atoms with Crippen molar-refractivity contribution >= 4 is 51.7 Å². The Labute approximate surface area is 199 Å². The van der Waals surface area contributed by atoms with E-state index in [1.807, 2.05) is 49.4 Å². The number of amides is 2. The van der Waals surface area contributed by atoms with Gasteiger partial charge < -0.3 is 5.32 Å². The summed E-state index contributed by atoms with van der Waals surface area (Å²) >= 11 is 7.53. The van der Waals surface area contributed by atoms with E-state index in [0.29, 0.717) is 22.4 Å². The van der Waals surface area contributed by atoms with Gasteiger partial charge in [0.2, 0.25) is 11.8 Å². The van der Waals surface area contributed by atoms with E-state index in [2.05, 4.69) is 12.2 Å².